The van der Waals surface area contributed by atoms with Crippen LogP contribution in [0.2, 0.25) is 0 Å². The van der Waals surface area contributed by atoms with Crippen molar-refractivity contribution in [2.75, 3.05) is 38.0 Å². The SMILES string of the molecule is CCN1CCN(C(=O)c2cccc(C(=O)Nc3ccccc3C(C)C)c2)CC1. The summed E-state index contributed by atoms with van der Waals surface area (Å²) in [5.74, 6) is 0.109. The van der Waals surface area contributed by atoms with E-state index in [2.05, 4.69) is 31.0 Å². The van der Waals surface area contributed by atoms with Gasteiger partial charge in [0, 0.05) is 43.0 Å². The van der Waals surface area contributed by atoms with Gasteiger partial charge in [-0.05, 0) is 42.3 Å². The van der Waals surface area contributed by atoms with Gasteiger partial charge < -0.3 is 15.1 Å². The van der Waals surface area contributed by atoms with Gasteiger partial charge in [-0.1, -0.05) is 45.0 Å². The quantitative estimate of drug-likeness (QED) is 0.859. The molecule has 0 aliphatic carbocycles. The average molecular weight is 380 g/mol. The molecule has 0 saturated carbocycles. The lowest BCUT2D eigenvalue weighted by molar-refractivity contribution is 0.0643. The van der Waals surface area contributed by atoms with E-state index in [1.807, 2.05) is 29.2 Å². The van der Waals surface area contributed by atoms with Crippen LogP contribution in [-0.4, -0.2) is 54.3 Å². The summed E-state index contributed by atoms with van der Waals surface area (Å²) < 4.78 is 0. The van der Waals surface area contributed by atoms with E-state index in [-0.39, 0.29) is 11.8 Å². The zero-order valence-electron chi connectivity index (χ0n) is 16.9. The maximum atomic E-state index is 12.8. The molecule has 1 aliphatic rings. The molecule has 1 saturated heterocycles. The number of hydrogen-bond acceptors (Lipinski definition) is 3. The number of nitrogens with one attached hydrogen (secondary N) is 1. The molecule has 2 aromatic rings. The van der Waals surface area contributed by atoms with Crippen molar-refractivity contribution in [1.29, 1.82) is 0 Å². The first kappa shape index (κ1) is 20.1. The molecule has 1 fully saturated rings. The Morgan fingerprint density at radius 3 is 2.32 bits per heavy atom. The van der Waals surface area contributed by atoms with Crippen molar-refractivity contribution in [3.63, 3.8) is 0 Å². The fraction of sp³-hybridized carbons (Fsp3) is 0.391. The topological polar surface area (TPSA) is 52.7 Å². The number of para-hydroxylation sites is 1. The third-order valence-corrected chi connectivity index (χ3v) is 5.31. The number of nitrogens with zero attached hydrogens (tertiary/aromatic N) is 2. The van der Waals surface area contributed by atoms with Crippen molar-refractivity contribution in [1.82, 2.24) is 9.80 Å². The Bertz CT molecular complexity index is 839. The third kappa shape index (κ3) is 4.60. The summed E-state index contributed by atoms with van der Waals surface area (Å²) in [5, 5.41) is 3.00. The van der Waals surface area contributed by atoms with Gasteiger partial charge in [0.05, 0.1) is 0 Å². The number of amides is 2. The number of likely N-dealkylation sites (N-methyl/N-ethyl adjacent to an activating group) is 1. The Morgan fingerprint density at radius 2 is 1.64 bits per heavy atom. The Morgan fingerprint density at radius 1 is 0.964 bits per heavy atom. The van der Waals surface area contributed by atoms with Crippen LogP contribution >= 0.6 is 0 Å². The fourth-order valence-electron chi connectivity index (χ4n) is 3.55. The molecule has 0 unspecified atom stereocenters. The second-order valence-corrected chi connectivity index (χ2v) is 7.50. The van der Waals surface area contributed by atoms with E-state index in [1.54, 1.807) is 24.3 Å². The van der Waals surface area contributed by atoms with E-state index in [1.165, 1.54) is 0 Å². The second-order valence-electron chi connectivity index (χ2n) is 7.50. The Labute approximate surface area is 167 Å². The lowest BCUT2D eigenvalue weighted by Crippen LogP contribution is -2.48. The van der Waals surface area contributed by atoms with Crippen LogP contribution in [0.1, 0.15) is 53.0 Å². The van der Waals surface area contributed by atoms with Crippen molar-refractivity contribution in [3.05, 3.63) is 65.2 Å². The number of piperazine rings is 1. The fourth-order valence-corrected chi connectivity index (χ4v) is 3.55. The molecule has 3 rings (SSSR count). The monoisotopic (exact) mass is 379 g/mol. The molecule has 5 heteroatoms. The number of benzene rings is 2. The van der Waals surface area contributed by atoms with Gasteiger partial charge in [0.15, 0.2) is 0 Å². The summed E-state index contributed by atoms with van der Waals surface area (Å²) in [6.07, 6.45) is 0. The highest BCUT2D eigenvalue weighted by Crippen LogP contribution is 2.24. The maximum Gasteiger partial charge on any atom is 0.255 e. The first-order valence-electron chi connectivity index (χ1n) is 10.0. The molecule has 2 aromatic carbocycles. The van der Waals surface area contributed by atoms with Crippen molar-refractivity contribution >= 4 is 17.5 Å². The van der Waals surface area contributed by atoms with Gasteiger partial charge in [-0.2, -0.15) is 0 Å². The Kier molecular flexibility index (Phi) is 6.47. The largest absolute Gasteiger partial charge is 0.336 e. The third-order valence-electron chi connectivity index (χ3n) is 5.31. The molecule has 1 heterocycles. The molecule has 0 atom stereocenters. The summed E-state index contributed by atoms with van der Waals surface area (Å²) in [4.78, 5) is 29.8. The van der Waals surface area contributed by atoms with Crippen LogP contribution in [-0.2, 0) is 0 Å². The Hall–Kier alpha value is -2.66. The van der Waals surface area contributed by atoms with Crippen LogP contribution in [0.25, 0.3) is 0 Å². The van der Waals surface area contributed by atoms with E-state index < -0.39 is 0 Å². The van der Waals surface area contributed by atoms with Gasteiger partial charge in [0.1, 0.15) is 0 Å². The molecule has 148 valence electrons. The highest BCUT2D eigenvalue weighted by atomic mass is 16.2. The summed E-state index contributed by atoms with van der Waals surface area (Å²) in [6, 6.07) is 14.8. The normalized spacial score (nSPS) is 14.9. The summed E-state index contributed by atoms with van der Waals surface area (Å²) in [6.45, 7) is 10.6. The molecule has 0 radical (unpaired) electrons. The predicted molar refractivity (Wildman–Crippen MR) is 113 cm³/mol. The lowest BCUT2D eigenvalue weighted by atomic mass is 10.0. The van der Waals surface area contributed by atoms with Gasteiger partial charge in [0.25, 0.3) is 11.8 Å². The highest BCUT2D eigenvalue weighted by Gasteiger charge is 2.22. The van der Waals surface area contributed by atoms with E-state index in [0.29, 0.717) is 17.0 Å². The zero-order valence-corrected chi connectivity index (χ0v) is 16.9. The first-order chi connectivity index (χ1) is 13.5. The second kappa shape index (κ2) is 9.02. The molecular formula is C23H29N3O2. The minimum absolute atomic E-state index is 0.00650. The minimum atomic E-state index is -0.196. The minimum Gasteiger partial charge on any atom is -0.336 e. The summed E-state index contributed by atoms with van der Waals surface area (Å²) >= 11 is 0. The zero-order chi connectivity index (χ0) is 20.1. The highest BCUT2D eigenvalue weighted by molar-refractivity contribution is 6.06. The average Bonchev–Trinajstić information content (AvgIpc) is 2.73. The van der Waals surface area contributed by atoms with Crippen LogP contribution in [0.4, 0.5) is 5.69 Å². The standard InChI is InChI=1S/C23H29N3O2/c1-4-25-12-14-26(15-13-25)23(28)19-9-7-8-18(16-19)22(27)24-21-11-6-5-10-20(21)17(2)3/h5-11,16-17H,4,12-15H2,1-3H3,(H,24,27). The van der Waals surface area contributed by atoms with E-state index in [4.69, 9.17) is 0 Å². The van der Waals surface area contributed by atoms with Gasteiger partial charge >= 0.3 is 0 Å². The molecule has 0 spiro atoms. The van der Waals surface area contributed by atoms with Gasteiger partial charge in [0.2, 0.25) is 0 Å². The number of hydrogen-bond donors (Lipinski definition) is 1. The van der Waals surface area contributed by atoms with Crippen molar-refractivity contribution in [2.24, 2.45) is 0 Å². The number of anilines is 1. The maximum absolute atomic E-state index is 12.8. The molecular weight excluding hydrogens is 350 g/mol. The number of rotatable bonds is 5. The van der Waals surface area contributed by atoms with Crippen LogP contribution < -0.4 is 5.32 Å². The molecule has 5 nitrogen and oxygen atoms in total. The number of carbonyl (C=O) groups is 2. The molecule has 0 aromatic heterocycles. The lowest BCUT2D eigenvalue weighted by Gasteiger charge is -2.34. The van der Waals surface area contributed by atoms with Crippen LogP contribution in [0.3, 0.4) is 0 Å². The van der Waals surface area contributed by atoms with Gasteiger partial charge in [-0.3, -0.25) is 9.59 Å². The van der Waals surface area contributed by atoms with Crippen LogP contribution in [0.15, 0.2) is 48.5 Å². The number of carbonyl (C=O) groups excluding carboxylic acids is 2. The Balaban J connectivity index is 1.73. The summed E-state index contributed by atoms with van der Waals surface area (Å²) in [7, 11) is 0. The summed E-state index contributed by atoms with van der Waals surface area (Å²) in [5.41, 5.74) is 2.97. The van der Waals surface area contributed by atoms with Gasteiger partial charge in [-0.15, -0.1) is 0 Å². The van der Waals surface area contributed by atoms with Crippen LogP contribution in [0.5, 0.6) is 0 Å². The van der Waals surface area contributed by atoms with Crippen molar-refractivity contribution in [2.45, 2.75) is 26.7 Å². The van der Waals surface area contributed by atoms with E-state index in [0.717, 1.165) is 44.0 Å². The molecule has 1 aliphatic heterocycles. The molecule has 1 N–H and O–H groups in total. The smallest absolute Gasteiger partial charge is 0.255 e. The van der Waals surface area contributed by atoms with Crippen LogP contribution in [0, 0.1) is 0 Å². The van der Waals surface area contributed by atoms with Gasteiger partial charge in [-0.25, -0.2) is 0 Å². The van der Waals surface area contributed by atoms with Crippen molar-refractivity contribution < 1.29 is 9.59 Å². The first-order valence-corrected chi connectivity index (χ1v) is 10.0. The molecule has 2 amide bonds. The molecule has 28 heavy (non-hydrogen) atoms. The van der Waals surface area contributed by atoms with E-state index >= 15 is 0 Å². The molecule has 0 bridgehead atoms. The van der Waals surface area contributed by atoms with E-state index in [9.17, 15) is 9.59 Å². The predicted octanol–water partition coefficient (Wildman–Crippen LogP) is 3.84. The van der Waals surface area contributed by atoms with Crippen molar-refractivity contribution in [3.8, 4) is 0 Å².